The van der Waals surface area contributed by atoms with Gasteiger partial charge in [0.1, 0.15) is 24.4 Å². The molecule has 3 rings (SSSR count). The van der Waals surface area contributed by atoms with Crippen LogP contribution in [0.5, 0.6) is 0 Å². The zero-order valence-electron chi connectivity index (χ0n) is 7.62. The van der Waals surface area contributed by atoms with Crippen molar-refractivity contribution in [3.8, 4) is 0 Å². The molecule has 3 bridgehead atoms. The molecule has 0 aromatic rings. The van der Waals surface area contributed by atoms with Crippen LogP contribution in [0.1, 0.15) is 6.92 Å². The van der Waals surface area contributed by atoms with Crippen LogP contribution in [0, 0.1) is 0 Å². The van der Waals surface area contributed by atoms with E-state index < -0.39 is 36.7 Å². The van der Waals surface area contributed by atoms with Crippen LogP contribution >= 0.6 is 0 Å². The number of aliphatic hydroxyl groups is 2. The zero-order valence-corrected chi connectivity index (χ0v) is 7.62. The van der Waals surface area contributed by atoms with E-state index in [2.05, 4.69) is 0 Å². The predicted molar refractivity (Wildman–Crippen MR) is 41.0 cm³/mol. The molecule has 0 saturated carbocycles. The lowest BCUT2D eigenvalue weighted by Crippen LogP contribution is -2.58. The number of ether oxygens (including phenoxy) is 4. The minimum absolute atomic E-state index is 0.151. The lowest BCUT2D eigenvalue weighted by atomic mass is 9.99. The van der Waals surface area contributed by atoms with E-state index in [0.29, 0.717) is 0 Å². The summed E-state index contributed by atoms with van der Waals surface area (Å²) in [4.78, 5) is 0. The van der Waals surface area contributed by atoms with E-state index in [0.717, 1.165) is 0 Å². The Labute approximate surface area is 80.3 Å². The van der Waals surface area contributed by atoms with Crippen LogP contribution in [0.25, 0.3) is 0 Å². The molecule has 80 valence electrons. The van der Waals surface area contributed by atoms with Gasteiger partial charge in [-0.15, -0.1) is 0 Å². The molecular weight excluding hydrogens is 192 g/mol. The molecule has 6 atom stereocenters. The fourth-order valence-corrected chi connectivity index (χ4v) is 2.05. The van der Waals surface area contributed by atoms with Crippen molar-refractivity contribution in [1.82, 2.24) is 0 Å². The zero-order chi connectivity index (χ0) is 9.92. The third kappa shape index (κ3) is 1.06. The number of rotatable bonds is 0. The number of aliphatic hydroxyl groups excluding tert-OH is 2. The summed E-state index contributed by atoms with van der Waals surface area (Å²) in [7, 11) is 0. The van der Waals surface area contributed by atoms with E-state index in [1.807, 2.05) is 0 Å². The van der Waals surface area contributed by atoms with Crippen molar-refractivity contribution in [2.75, 3.05) is 6.61 Å². The summed E-state index contributed by atoms with van der Waals surface area (Å²) < 4.78 is 21.3. The average molecular weight is 204 g/mol. The number of fused-ring (bicyclic) bond motifs is 2. The van der Waals surface area contributed by atoms with Crippen molar-refractivity contribution in [3.63, 3.8) is 0 Å². The van der Waals surface area contributed by atoms with Gasteiger partial charge < -0.3 is 24.4 Å². The highest BCUT2D eigenvalue weighted by molar-refractivity contribution is 4.95. The molecule has 3 aliphatic rings. The van der Waals surface area contributed by atoms with Gasteiger partial charge in [-0.1, -0.05) is 0 Å². The summed E-state index contributed by atoms with van der Waals surface area (Å²) in [6, 6.07) is 0. The fraction of sp³-hybridized carbons (Fsp3) is 1.00. The van der Waals surface area contributed by atoms with Crippen LogP contribution < -0.4 is 0 Å². The maximum absolute atomic E-state index is 9.69. The molecule has 0 radical (unpaired) electrons. The lowest BCUT2D eigenvalue weighted by Gasteiger charge is -2.38. The Morgan fingerprint density at radius 2 is 2.00 bits per heavy atom. The minimum Gasteiger partial charge on any atom is -0.387 e. The van der Waals surface area contributed by atoms with Gasteiger partial charge in [0.2, 0.25) is 0 Å². The van der Waals surface area contributed by atoms with Gasteiger partial charge in [-0.05, 0) is 0 Å². The van der Waals surface area contributed by atoms with E-state index in [-0.39, 0.29) is 6.61 Å². The average Bonchev–Trinajstić information content (AvgIpc) is 2.37. The van der Waals surface area contributed by atoms with E-state index in [9.17, 15) is 10.2 Å². The Balaban J connectivity index is 1.95. The highest BCUT2D eigenvalue weighted by Gasteiger charge is 2.58. The van der Waals surface area contributed by atoms with Crippen LogP contribution in [0.15, 0.2) is 0 Å². The van der Waals surface area contributed by atoms with Crippen LogP contribution in [0.4, 0.5) is 0 Å². The molecule has 6 heteroatoms. The summed E-state index contributed by atoms with van der Waals surface area (Å²) in [6.07, 6.45) is -3.83. The summed E-state index contributed by atoms with van der Waals surface area (Å²) in [5, 5.41) is 19.3. The Morgan fingerprint density at radius 1 is 1.21 bits per heavy atom. The second kappa shape index (κ2) is 2.66. The van der Waals surface area contributed by atoms with E-state index >= 15 is 0 Å². The molecule has 0 aromatic heterocycles. The summed E-state index contributed by atoms with van der Waals surface area (Å²) in [5.41, 5.74) is 0. The van der Waals surface area contributed by atoms with Gasteiger partial charge in [0.05, 0.1) is 6.61 Å². The molecule has 0 aliphatic carbocycles. The van der Waals surface area contributed by atoms with Gasteiger partial charge in [-0.2, -0.15) is 0 Å². The maximum Gasteiger partial charge on any atom is 0.282 e. The first kappa shape index (κ1) is 9.02. The van der Waals surface area contributed by atoms with Gasteiger partial charge >= 0.3 is 0 Å². The standard InChI is InChI=1S/C8H12O6/c1-8-11-2-3-4(9)5(10)6(13-8)7(12-3)14-8/h3-7,9-10H,2H2,1H3/t3-,4-,5+,6+,7+,8?/m1/s1. The first-order chi connectivity index (χ1) is 6.59. The molecular formula is C8H12O6. The lowest BCUT2D eigenvalue weighted by molar-refractivity contribution is -0.336. The third-order valence-electron chi connectivity index (χ3n) is 2.83. The van der Waals surface area contributed by atoms with Crippen molar-refractivity contribution >= 4 is 0 Å². The summed E-state index contributed by atoms with van der Waals surface area (Å²) in [6.45, 7) is 1.77. The van der Waals surface area contributed by atoms with Crippen LogP contribution in [0.2, 0.25) is 0 Å². The van der Waals surface area contributed by atoms with Crippen molar-refractivity contribution in [1.29, 1.82) is 0 Å². The fourth-order valence-electron chi connectivity index (χ4n) is 2.05. The van der Waals surface area contributed by atoms with Crippen LogP contribution in [0.3, 0.4) is 0 Å². The summed E-state index contributed by atoms with van der Waals surface area (Å²) in [5.74, 6) is -1.15. The predicted octanol–water partition coefficient (Wildman–Crippen LogP) is -1.45. The normalized spacial score (nSPS) is 61.5. The quantitative estimate of drug-likeness (QED) is 0.503. The van der Waals surface area contributed by atoms with Crippen molar-refractivity contribution in [2.24, 2.45) is 0 Å². The first-order valence-corrected chi connectivity index (χ1v) is 4.60. The largest absolute Gasteiger partial charge is 0.387 e. The molecule has 3 aliphatic heterocycles. The molecule has 3 saturated heterocycles. The third-order valence-corrected chi connectivity index (χ3v) is 2.83. The molecule has 2 N–H and O–H groups in total. The SMILES string of the molecule is CC12OC[C@H]3O[C@@H](O1)[C@@H](O2)[C@@H](O)[C@@H]3O. The Morgan fingerprint density at radius 3 is 2.79 bits per heavy atom. The minimum atomic E-state index is -1.15. The first-order valence-electron chi connectivity index (χ1n) is 4.60. The molecule has 3 fully saturated rings. The van der Waals surface area contributed by atoms with Gasteiger partial charge in [0.25, 0.3) is 5.97 Å². The van der Waals surface area contributed by atoms with Crippen molar-refractivity contribution in [2.45, 2.75) is 43.6 Å². The van der Waals surface area contributed by atoms with Gasteiger partial charge in [-0.25, -0.2) is 0 Å². The Kier molecular flexibility index (Phi) is 1.71. The van der Waals surface area contributed by atoms with E-state index in [4.69, 9.17) is 18.9 Å². The smallest absolute Gasteiger partial charge is 0.282 e. The van der Waals surface area contributed by atoms with E-state index in [1.54, 1.807) is 6.92 Å². The molecule has 1 unspecified atom stereocenters. The topological polar surface area (TPSA) is 77.4 Å². The molecule has 3 heterocycles. The van der Waals surface area contributed by atoms with Gasteiger partial charge in [-0.3, -0.25) is 4.74 Å². The van der Waals surface area contributed by atoms with Crippen molar-refractivity contribution < 1.29 is 29.2 Å². The molecule has 14 heavy (non-hydrogen) atoms. The second-order valence-corrected chi connectivity index (χ2v) is 3.90. The van der Waals surface area contributed by atoms with Crippen LogP contribution in [-0.2, 0) is 18.9 Å². The number of hydrogen-bond donors (Lipinski definition) is 2. The van der Waals surface area contributed by atoms with Crippen LogP contribution in [-0.4, -0.2) is 53.5 Å². The summed E-state index contributed by atoms with van der Waals surface area (Å²) >= 11 is 0. The Bertz CT molecular complexity index is 256. The second-order valence-electron chi connectivity index (χ2n) is 3.90. The van der Waals surface area contributed by atoms with E-state index in [1.165, 1.54) is 0 Å². The monoisotopic (exact) mass is 204 g/mol. The maximum atomic E-state index is 9.69. The Hall–Kier alpha value is -0.240. The molecule has 6 nitrogen and oxygen atoms in total. The molecule has 0 spiro atoms. The van der Waals surface area contributed by atoms with Gasteiger partial charge in [0, 0.05) is 6.92 Å². The highest BCUT2D eigenvalue weighted by atomic mass is 17.0. The van der Waals surface area contributed by atoms with Gasteiger partial charge in [0.15, 0.2) is 6.29 Å². The number of hydrogen-bond acceptors (Lipinski definition) is 6. The highest BCUT2D eigenvalue weighted by Crippen LogP contribution is 2.40. The van der Waals surface area contributed by atoms with Crippen molar-refractivity contribution in [3.05, 3.63) is 0 Å². The molecule has 0 aromatic carbocycles. The molecule has 0 amide bonds.